The lowest BCUT2D eigenvalue weighted by molar-refractivity contribution is -0.131. The van der Waals surface area contributed by atoms with Gasteiger partial charge in [-0.3, -0.25) is 4.79 Å². The number of hydrogen-bond donors (Lipinski definition) is 1. The highest BCUT2D eigenvalue weighted by Gasteiger charge is 2.29. The zero-order valence-corrected chi connectivity index (χ0v) is 13.4. The fourth-order valence-corrected chi connectivity index (χ4v) is 2.12. The van der Waals surface area contributed by atoms with Gasteiger partial charge in [0.2, 0.25) is 6.10 Å². The van der Waals surface area contributed by atoms with E-state index in [-0.39, 0.29) is 5.91 Å². The number of oxime groups is 1. The molecule has 1 atom stereocenters. The molecule has 22 heavy (non-hydrogen) atoms. The number of carbonyl (C=O) groups is 1. The molecule has 0 aromatic heterocycles. The van der Waals surface area contributed by atoms with Crippen molar-refractivity contribution in [3.63, 3.8) is 0 Å². The number of rotatable bonds is 6. The van der Waals surface area contributed by atoms with Gasteiger partial charge in [-0.1, -0.05) is 19.0 Å². The molecule has 6 heteroatoms. The maximum Gasteiger partial charge on any atom is 0.264 e. The highest BCUT2D eigenvalue weighted by molar-refractivity contribution is 6.04. The standard InChI is InChI=1S/C16H22N2O4/c1-10(2)9-17-16(19)15-8-12(18-22-15)11-5-6-13(20-3)14(7-11)21-4/h5-7,10,15H,8-9H2,1-4H3,(H,17,19). The summed E-state index contributed by atoms with van der Waals surface area (Å²) in [6.45, 7) is 4.72. The number of amides is 1. The van der Waals surface area contributed by atoms with Crippen LogP contribution in [0.3, 0.4) is 0 Å². The van der Waals surface area contributed by atoms with E-state index in [0.717, 1.165) is 11.3 Å². The fraction of sp³-hybridized carbons (Fsp3) is 0.500. The second kappa shape index (κ2) is 7.15. The van der Waals surface area contributed by atoms with Crippen LogP contribution in [0.15, 0.2) is 23.4 Å². The summed E-state index contributed by atoms with van der Waals surface area (Å²) in [5.74, 6) is 1.54. The van der Waals surface area contributed by atoms with E-state index in [1.165, 1.54) is 0 Å². The molecule has 1 unspecified atom stereocenters. The zero-order chi connectivity index (χ0) is 16.1. The summed E-state index contributed by atoms with van der Waals surface area (Å²) in [5, 5.41) is 6.88. The van der Waals surface area contributed by atoms with Gasteiger partial charge in [0.15, 0.2) is 11.5 Å². The number of benzene rings is 1. The van der Waals surface area contributed by atoms with Gasteiger partial charge in [0, 0.05) is 18.5 Å². The number of hydrogen-bond acceptors (Lipinski definition) is 5. The maximum absolute atomic E-state index is 12.0. The topological polar surface area (TPSA) is 69.2 Å². The molecule has 0 spiro atoms. The lowest BCUT2D eigenvalue weighted by atomic mass is 10.0. The minimum atomic E-state index is -0.568. The van der Waals surface area contributed by atoms with Crippen LogP contribution in [0.1, 0.15) is 25.8 Å². The first-order valence-corrected chi connectivity index (χ1v) is 7.28. The Labute approximate surface area is 130 Å². The van der Waals surface area contributed by atoms with Gasteiger partial charge in [-0.15, -0.1) is 0 Å². The van der Waals surface area contributed by atoms with Crippen molar-refractivity contribution in [3.8, 4) is 11.5 Å². The van der Waals surface area contributed by atoms with Crippen molar-refractivity contribution in [1.29, 1.82) is 0 Å². The van der Waals surface area contributed by atoms with Crippen LogP contribution in [0.25, 0.3) is 0 Å². The van der Waals surface area contributed by atoms with E-state index < -0.39 is 6.10 Å². The molecule has 1 amide bonds. The number of ether oxygens (including phenoxy) is 2. The van der Waals surface area contributed by atoms with E-state index in [1.807, 2.05) is 32.0 Å². The van der Waals surface area contributed by atoms with Crippen LogP contribution in [0.4, 0.5) is 0 Å². The Bertz CT molecular complexity index is 569. The van der Waals surface area contributed by atoms with Gasteiger partial charge < -0.3 is 19.6 Å². The van der Waals surface area contributed by atoms with Gasteiger partial charge >= 0.3 is 0 Å². The molecule has 6 nitrogen and oxygen atoms in total. The molecular formula is C16H22N2O4. The van der Waals surface area contributed by atoms with Crippen molar-refractivity contribution < 1.29 is 19.1 Å². The van der Waals surface area contributed by atoms with Gasteiger partial charge in [0.25, 0.3) is 5.91 Å². The van der Waals surface area contributed by atoms with Crippen LogP contribution in [-0.2, 0) is 9.63 Å². The van der Waals surface area contributed by atoms with E-state index in [1.54, 1.807) is 14.2 Å². The third-order valence-electron chi connectivity index (χ3n) is 3.36. The van der Waals surface area contributed by atoms with Crippen LogP contribution in [0, 0.1) is 5.92 Å². The number of carbonyl (C=O) groups excluding carboxylic acids is 1. The van der Waals surface area contributed by atoms with Crippen LogP contribution in [-0.4, -0.2) is 38.5 Å². The molecule has 1 aromatic carbocycles. The second-order valence-electron chi connectivity index (χ2n) is 5.54. The zero-order valence-electron chi connectivity index (χ0n) is 13.4. The summed E-state index contributed by atoms with van der Waals surface area (Å²) in [5.41, 5.74) is 1.59. The second-order valence-corrected chi connectivity index (χ2v) is 5.54. The Kier molecular flexibility index (Phi) is 5.25. The van der Waals surface area contributed by atoms with Crippen molar-refractivity contribution in [1.82, 2.24) is 5.32 Å². The SMILES string of the molecule is COc1ccc(C2=NOC(C(=O)NCC(C)C)C2)cc1OC. The van der Waals surface area contributed by atoms with Gasteiger partial charge in [0.05, 0.1) is 19.9 Å². The molecule has 1 aromatic rings. The molecule has 0 fully saturated rings. The Morgan fingerprint density at radius 2 is 2.09 bits per heavy atom. The summed E-state index contributed by atoms with van der Waals surface area (Å²) >= 11 is 0. The van der Waals surface area contributed by atoms with E-state index in [0.29, 0.717) is 30.4 Å². The highest BCUT2D eigenvalue weighted by Crippen LogP contribution is 2.29. The molecule has 0 bridgehead atoms. The Morgan fingerprint density at radius 3 is 2.73 bits per heavy atom. The smallest absolute Gasteiger partial charge is 0.264 e. The summed E-state index contributed by atoms with van der Waals surface area (Å²) in [6.07, 6.45) is -0.124. The molecular weight excluding hydrogens is 284 g/mol. The van der Waals surface area contributed by atoms with Gasteiger partial charge in [-0.05, 0) is 24.1 Å². The quantitative estimate of drug-likeness (QED) is 0.872. The maximum atomic E-state index is 12.0. The third kappa shape index (κ3) is 3.69. The van der Waals surface area contributed by atoms with Crippen molar-refractivity contribution in [2.45, 2.75) is 26.4 Å². The summed E-state index contributed by atoms with van der Waals surface area (Å²) in [4.78, 5) is 17.2. The minimum absolute atomic E-state index is 0.132. The van der Waals surface area contributed by atoms with E-state index in [4.69, 9.17) is 14.3 Å². The van der Waals surface area contributed by atoms with Crippen LogP contribution >= 0.6 is 0 Å². The Morgan fingerprint density at radius 1 is 1.36 bits per heavy atom. The molecule has 1 N–H and O–H groups in total. The van der Waals surface area contributed by atoms with E-state index in [9.17, 15) is 4.79 Å². The first kappa shape index (κ1) is 16.1. The molecule has 0 aliphatic carbocycles. The van der Waals surface area contributed by atoms with Crippen molar-refractivity contribution in [2.24, 2.45) is 11.1 Å². The summed E-state index contributed by atoms with van der Waals surface area (Å²) < 4.78 is 10.5. The summed E-state index contributed by atoms with van der Waals surface area (Å²) in [6, 6.07) is 5.51. The number of nitrogens with zero attached hydrogens (tertiary/aromatic N) is 1. The average Bonchev–Trinajstić information content (AvgIpc) is 3.01. The monoisotopic (exact) mass is 306 g/mol. The van der Waals surface area contributed by atoms with Crippen molar-refractivity contribution >= 4 is 11.6 Å². The molecule has 0 saturated carbocycles. The van der Waals surface area contributed by atoms with Gasteiger partial charge in [0.1, 0.15) is 0 Å². The van der Waals surface area contributed by atoms with Crippen LogP contribution < -0.4 is 14.8 Å². The molecule has 1 aliphatic rings. The lowest BCUT2D eigenvalue weighted by Gasteiger charge is -2.11. The van der Waals surface area contributed by atoms with Gasteiger partial charge in [-0.25, -0.2) is 0 Å². The third-order valence-corrected chi connectivity index (χ3v) is 3.36. The minimum Gasteiger partial charge on any atom is -0.493 e. The predicted molar refractivity (Wildman–Crippen MR) is 83.4 cm³/mol. The van der Waals surface area contributed by atoms with Crippen LogP contribution in [0.2, 0.25) is 0 Å². The highest BCUT2D eigenvalue weighted by atomic mass is 16.6. The number of nitrogens with one attached hydrogen (secondary N) is 1. The van der Waals surface area contributed by atoms with Gasteiger partial charge in [-0.2, -0.15) is 0 Å². The molecule has 120 valence electrons. The number of methoxy groups -OCH3 is 2. The first-order chi connectivity index (χ1) is 10.5. The van der Waals surface area contributed by atoms with Crippen LogP contribution in [0.5, 0.6) is 11.5 Å². The predicted octanol–water partition coefficient (Wildman–Crippen LogP) is 1.97. The molecule has 1 heterocycles. The molecule has 2 rings (SSSR count). The molecule has 0 radical (unpaired) electrons. The largest absolute Gasteiger partial charge is 0.493 e. The Balaban J connectivity index is 2.02. The normalized spacial score (nSPS) is 17.0. The Hall–Kier alpha value is -2.24. The van der Waals surface area contributed by atoms with Crippen molar-refractivity contribution in [2.75, 3.05) is 20.8 Å². The van der Waals surface area contributed by atoms with Crippen molar-refractivity contribution in [3.05, 3.63) is 23.8 Å². The van der Waals surface area contributed by atoms with E-state index in [2.05, 4.69) is 10.5 Å². The first-order valence-electron chi connectivity index (χ1n) is 7.28. The fourth-order valence-electron chi connectivity index (χ4n) is 2.12. The lowest BCUT2D eigenvalue weighted by Crippen LogP contribution is -2.36. The summed E-state index contributed by atoms with van der Waals surface area (Å²) in [7, 11) is 3.17. The molecule has 1 aliphatic heterocycles. The molecule has 0 saturated heterocycles. The van der Waals surface area contributed by atoms with E-state index >= 15 is 0 Å². The average molecular weight is 306 g/mol.